The molecule has 126 valence electrons. The summed E-state index contributed by atoms with van der Waals surface area (Å²) in [5, 5.41) is 13.6. The van der Waals surface area contributed by atoms with Crippen LogP contribution in [0.4, 0.5) is 16.2 Å². The van der Waals surface area contributed by atoms with Crippen molar-refractivity contribution in [2.75, 3.05) is 12.4 Å². The number of hydrogen-bond donors (Lipinski definition) is 1. The van der Waals surface area contributed by atoms with E-state index < -0.39 is 11.0 Å². The topological polar surface area (TPSA) is 88.6 Å². The van der Waals surface area contributed by atoms with Crippen LogP contribution in [-0.4, -0.2) is 22.9 Å². The lowest BCUT2D eigenvalue weighted by molar-refractivity contribution is -0.383. The fourth-order valence-corrected chi connectivity index (χ4v) is 2.65. The van der Waals surface area contributed by atoms with Crippen molar-refractivity contribution >= 4 is 17.4 Å². The molecule has 0 unspecified atom stereocenters. The minimum atomic E-state index is -0.523. The van der Waals surface area contributed by atoms with E-state index >= 15 is 0 Å². The van der Waals surface area contributed by atoms with Crippen LogP contribution >= 0.6 is 0 Å². The molecule has 1 heterocycles. The number of nitro groups is 1. The van der Waals surface area contributed by atoms with Crippen LogP contribution < -0.4 is 5.32 Å². The molecule has 1 aromatic heterocycles. The van der Waals surface area contributed by atoms with Crippen molar-refractivity contribution in [2.45, 2.75) is 25.8 Å². The average Bonchev–Trinajstić information content (AvgIpc) is 3.09. The van der Waals surface area contributed by atoms with Gasteiger partial charge in [0.15, 0.2) is 0 Å². The molecule has 1 N–H and O–H groups in total. The fourth-order valence-electron chi connectivity index (χ4n) is 2.65. The summed E-state index contributed by atoms with van der Waals surface area (Å²) in [6, 6.07) is 9.45. The minimum absolute atomic E-state index is 0.137. The van der Waals surface area contributed by atoms with Crippen LogP contribution in [0, 0.1) is 16.0 Å². The summed E-state index contributed by atoms with van der Waals surface area (Å²) >= 11 is 0. The lowest BCUT2D eigenvalue weighted by Gasteiger charge is -2.16. The third-order valence-electron chi connectivity index (χ3n) is 4.24. The maximum atomic E-state index is 12.2. The van der Waals surface area contributed by atoms with Crippen molar-refractivity contribution in [2.24, 2.45) is 5.92 Å². The molecule has 2 amide bonds. The molecule has 2 aromatic rings. The van der Waals surface area contributed by atoms with Gasteiger partial charge in [0.25, 0.3) is 5.69 Å². The van der Waals surface area contributed by atoms with Crippen LogP contribution in [0.2, 0.25) is 0 Å². The second-order valence-electron chi connectivity index (χ2n) is 6.18. The van der Waals surface area contributed by atoms with Gasteiger partial charge in [-0.1, -0.05) is 19.1 Å². The largest absolute Gasteiger partial charge is 0.464 e. The number of carbonyl (C=O) groups is 1. The molecule has 7 heteroatoms. The molecule has 0 radical (unpaired) electrons. The van der Waals surface area contributed by atoms with Gasteiger partial charge in [0.2, 0.25) is 0 Å². The molecule has 1 fully saturated rings. The number of benzene rings is 1. The summed E-state index contributed by atoms with van der Waals surface area (Å²) in [7, 11) is 1.62. The van der Waals surface area contributed by atoms with E-state index in [-0.39, 0.29) is 11.4 Å². The maximum Gasteiger partial charge on any atom is 0.322 e. The first-order valence-electron chi connectivity index (χ1n) is 7.80. The van der Waals surface area contributed by atoms with Gasteiger partial charge < -0.3 is 14.6 Å². The maximum absolute atomic E-state index is 12.2. The number of para-hydroxylation sites is 2. The number of carbonyl (C=O) groups excluding carboxylic acids is 1. The molecule has 1 aliphatic carbocycles. The van der Waals surface area contributed by atoms with Gasteiger partial charge in [-0.05, 0) is 30.5 Å². The fraction of sp³-hybridized carbons (Fsp3) is 0.353. The SMILES string of the molecule is C[C@@H]1C[C@H]1c1ccc(CN(C)C(=O)Nc2ccccc2[N+](=O)[O-])o1. The van der Waals surface area contributed by atoms with Crippen LogP contribution in [0.3, 0.4) is 0 Å². The van der Waals surface area contributed by atoms with E-state index in [0.717, 1.165) is 12.2 Å². The standard InChI is InChI=1S/C17H19N3O4/c1-11-9-13(11)16-8-7-12(24-16)10-19(2)17(21)18-14-5-3-4-6-15(14)20(22)23/h3-8,11,13H,9-10H2,1-2H3,(H,18,21)/t11-,13-/m1/s1. The number of hydrogen-bond acceptors (Lipinski definition) is 4. The van der Waals surface area contributed by atoms with E-state index in [9.17, 15) is 14.9 Å². The van der Waals surface area contributed by atoms with Crippen molar-refractivity contribution in [3.05, 3.63) is 58.0 Å². The Kier molecular flexibility index (Phi) is 4.24. The summed E-state index contributed by atoms with van der Waals surface area (Å²) in [4.78, 5) is 24.1. The summed E-state index contributed by atoms with van der Waals surface area (Å²) in [6.45, 7) is 2.48. The molecular formula is C17H19N3O4. The number of nitrogens with zero attached hydrogens (tertiary/aromatic N) is 2. The zero-order valence-electron chi connectivity index (χ0n) is 13.6. The van der Waals surface area contributed by atoms with Crippen molar-refractivity contribution in [1.82, 2.24) is 4.90 Å². The average molecular weight is 329 g/mol. The van der Waals surface area contributed by atoms with Crippen LogP contribution in [-0.2, 0) is 6.54 Å². The summed E-state index contributed by atoms with van der Waals surface area (Å²) in [5.41, 5.74) is 0.0357. The molecule has 24 heavy (non-hydrogen) atoms. The van der Waals surface area contributed by atoms with Gasteiger partial charge in [-0.3, -0.25) is 10.1 Å². The highest BCUT2D eigenvalue weighted by molar-refractivity contribution is 5.91. The zero-order chi connectivity index (χ0) is 17.3. The second-order valence-corrected chi connectivity index (χ2v) is 6.18. The monoisotopic (exact) mass is 329 g/mol. The van der Waals surface area contributed by atoms with Crippen LogP contribution in [0.1, 0.15) is 30.8 Å². The van der Waals surface area contributed by atoms with E-state index in [2.05, 4.69) is 12.2 Å². The molecule has 2 atom stereocenters. The Labute approximate surface area is 139 Å². The molecular weight excluding hydrogens is 310 g/mol. The van der Waals surface area contributed by atoms with E-state index in [1.165, 1.54) is 17.0 Å². The van der Waals surface area contributed by atoms with Crippen molar-refractivity contribution in [3.63, 3.8) is 0 Å². The smallest absolute Gasteiger partial charge is 0.322 e. The first kappa shape index (κ1) is 16.0. The van der Waals surface area contributed by atoms with E-state index in [1.807, 2.05) is 12.1 Å². The Balaban J connectivity index is 1.63. The second kappa shape index (κ2) is 6.35. The number of urea groups is 1. The van der Waals surface area contributed by atoms with Crippen LogP contribution in [0.5, 0.6) is 0 Å². The Morgan fingerprint density at radius 2 is 2.08 bits per heavy atom. The number of rotatable bonds is 5. The summed E-state index contributed by atoms with van der Waals surface area (Å²) < 4.78 is 5.78. The number of nitro benzene ring substituents is 1. The highest BCUT2D eigenvalue weighted by atomic mass is 16.6. The quantitative estimate of drug-likeness (QED) is 0.664. The highest BCUT2D eigenvalue weighted by Crippen LogP contribution is 2.47. The van der Waals surface area contributed by atoms with Gasteiger partial charge in [0.05, 0.1) is 11.5 Å². The molecule has 0 spiro atoms. The van der Waals surface area contributed by atoms with Gasteiger partial charge >= 0.3 is 6.03 Å². The zero-order valence-corrected chi connectivity index (χ0v) is 13.6. The molecule has 0 saturated heterocycles. The first-order valence-corrected chi connectivity index (χ1v) is 7.80. The highest BCUT2D eigenvalue weighted by Gasteiger charge is 2.36. The van der Waals surface area contributed by atoms with E-state index in [0.29, 0.717) is 24.1 Å². The predicted molar refractivity (Wildman–Crippen MR) is 88.8 cm³/mol. The van der Waals surface area contributed by atoms with Gasteiger partial charge in [-0.25, -0.2) is 4.79 Å². The predicted octanol–water partition coefficient (Wildman–Crippen LogP) is 3.98. The molecule has 3 rings (SSSR count). The third kappa shape index (κ3) is 3.40. The van der Waals surface area contributed by atoms with Crippen molar-refractivity contribution in [1.29, 1.82) is 0 Å². The number of furan rings is 1. The molecule has 0 aliphatic heterocycles. The van der Waals surface area contributed by atoms with Gasteiger partial charge in [0, 0.05) is 19.0 Å². The van der Waals surface area contributed by atoms with Crippen LogP contribution in [0.15, 0.2) is 40.8 Å². The van der Waals surface area contributed by atoms with Gasteiger partial charge in [-0.15, -0.1) is 0 Å². The summed E-state index contributed by atoms with van der Waals surface area (Å²) in [6.07, 6.45) is 1.14. The van der Waals surface area contributed by atoms with Crippen LogP contribution in [0.25, 0.3) is 0 Å². The van der Waals surface area contributed by atoms with E-state index in [4.69, 9.17) is 4.42 Å². The van der Waals surface area contributed by atoms with E-state index in [1.54, 1.807) is 19.2 Å². The molecule has 1 aromatic carbocycles. The lowest BCUT2D eigenvalue weighted by Crippen LogP contribution is -2.30. The van der Waals surface area contributed by atoms with Crippen molar-refractivity contribution in [3.8, 4) is 0 Å². The summed E-state index contributed by atoms with van der Waals surface area (Å²) in [5.74, 6) is 2.81. The third-order valence-corrected chi connectivity index (χ3v) is 4.24. The minimum Gasteiger partial charge on any atom is -0.464 e. The number of amides is 2. The molecule has 7 nitrogen and oxygen atoms in total. The Bertz CT molecular complexity index is 771. The molecule has 1 saturated carbocycles. The molecule has 0 bridgehead atoms. The Morgan fingerprint density at radius 3 is 2.75 bits per heavy atom. The number of nitrogens with one attached hydrogen (secondary N) is 1. The van der Waals surface area contributed by atoms with Crippen molar-refractivity contribution < 1.29 is 14.1 Å². The van der Waals surface area contributed by atoms with Gasteiger partial charge in [-0.2, -0.15) is 0 Å². The van der Waals surface area contributed by atoms with Gasteiger partial charge in [0.1, 0.15) is 17.2 Å². The Morgan fingerprint density at radius 1 is 1.38 bits per heavy atom. The first-order chi connectivity index (χ1) is 11.5. The number of anilines is 1. The lowest BCUT2D eigenvalue weighted by atomic mass is 10.2. The Hall–Kier alpha value is -2.83. The normalized spacial score (nSPS) is 18.9. The molecule has 1 aliphatic rings.